The summed E-state index contributed by atoms with van der Waals surface area (Å²) in [5.41, 5.74) is 3.10. The summed E-state index contributed by atoms with van der Waals surface area (Å²) in [4.78, 5) is 24.3. The molecule has 1 heterocycles. The van der Waals surface area contributed by atoms with Gasteiger partial charge in [-0.05, 0) is 43.7 Å². The molecule has 2 N–H and O–H groups in total. The molecular weight excluding hydrogens is 379 g/mol. The fourth-order valence-electron chi connectivity index (χ4n) is 2.47. The lowest BCUT2D eigenvalue weighted by molar-refractivity contribution is -0.122. The normalized spacial score (nSPS) is 18.2. The number of aryl methyl sites for hydroxylation is 1. The second-order valence-corrected chi connectivity index (χ2v) is 7.50. The van der Waals surface area contributed by atoms with Gasteiger partial charge in [-0.2, -0.15) is 5.10 Å². The molecule has 6 nitrogen and oxygen atoms in total. The highest BCUT2D eigenvalue weighted by Gasteiger charge is 2.32. The largest absolute Gasteiger partial charge is 0.326 e. The van der Waals surface area contributed by atoms with Crippen molar-refractivity contribution in [3.8, 4) is 0 Å². The molecule has 144 valence electrons. The van der Waals surface area contributed by atoms with Gasteiger partial charge in [-0.1, -0.05) is 41.6 Å². The molecule has 0 radical (unpaired) electrons. The number of anilines is 1. The maximum atomic E-state index is 13.0. The van der Waals surface area contributed by atoms with Gasteiger partial charge >= 0.3 is 0 Å². The van der Waals surface area contributed by atoms with Gasteiger partial charge in [0.15, 0.2) is 5.17 Å². The van der Waals surface area contributed by atoms with E-state index >= 15 is 0 Å². The van der Waals surface area contributed by atoms with Crippen molar-refractivity contribution in [2.24, 2.45) is 10.2 Å². The quantitative estimate of drug-likeness (QED) is 0.598. The number of amidine groups is 1. The first kappa shape index (κ1) is 19.8. The standard InChI is InChI=1S/C20H19FN4O2S/c1-12-3-9-16(10-4-12)22-18(26)11-17-19(27)23-20(28-17)25-24-13(2)14-5-7-15(21)8-6-14/h3-10,17H,11H2,1-2H3,(H,22,26)(H,23,25,27)/t17-/m1/s1. The summed E-state index contributed by atoms with van der Waals surface area (Å²) in [5.74, 6) is -0.852. The van der Waals surface area contributed by atoms with Gasteiger partial charge in [0.25, 0.3) is 0 Å². The van der Waals surface area contributed by atoms with E-state index in [-0.39, 0.29) is 24.1 Å². The van der Waals surface area contributed by atoms with Crippen LogP contribution in [0.2, 0.25) is 0 Å². The van der Waals surface area contributed by atoms with E-state index < -0.39 is 5.25 Å². The van der Waals surface area contributed by atoms with Crippen LogP contribution in [0.25, 0.3) is 0 Å². The Labute approximate surface area is 166 Å². The Bertz CT molecular complexity index is 940. The second kappa shape index (κ2) is 8.79. The summed E-state index contributed by atoms with van der Waals surface area (Å²) in [7, 11) is 0. The summed E-state index contributed by atoms with van der Waals surface area (Å²) in [6, 6.07) is 13.3. The van der Waals surface area contributed by atoms with Crippen LogP contribution in [0.4, 0.5) is 10.1 Å². The molecule has 1 saturated heterocycles. The molecule has 0 spiro atoms. The number of hydrogen-bond donors (Lipinski definition) is 2. The molecule has 1 fully saturated rings. The summed E-state index contributed by atoms with van der Waals surface area (Å²) >= 11 is 1.16. The lowest BCUT2D eigenvalue weighted by Gasteiger charge is -2.07. The van der Waals surface area contributed by atoms with Gasteiger partial charge in [-0.15, -0.1) is 5.10 Å². The molecule has 28 heavy (non-hydrogen) atoms. The van der Waals surface area contributed by atoms with E-state index in [4.69, 9.17) is 0 Å². The van der Waals surface area contributed by atoms with Crippen molar-refractivity contribution in [2.75, 3.05) is 5.32 Å². The predicted molar refractivity (Wildman–Crippen MR) is 110 cm³/mol. The van der Waals surface area contributed by atoms with Crippen molar-refractivity contribution >= 4 is 40.1 Å². The van der Waals surface area contributed by atoms with Gasteiger partial charge in [0.1, 0.15) is 11.1 Å². The van der Waals surface area contributed by atoms with Gasteiger partial charge < -0.3 is 10.6 Å². The molecule has 0 saturated carbocycles. The van der Waals surface area contributed by atoms with E-state index in [9.17, 15) is 14.0 Å². The van der Waals surface area contributed by atoms with Crippen molar-refractivity contribution < 1.29 is 14.0 Å². The predicted octanol–water partition coefficient (Wildman–Crippen LogP) is 3.47. The number of halogens is 1. The van der Waals surface area contributed by atoms with E-state index in [0.717, 1.165) is 22.9 Å². The Balaban J connectivity index is 1.58. The topological polar surface area (TPSA) is 82.9 Å². The summed E-state index contributed by atoms with van der Waals surface area (Å²) in [6.07, 6.45) is 0.0318. The number of nitrogens with one attached hydrogen (secondary N) is 2. The molecular formula is C20H19FN4O2S. The van der Waals surface area contributed by atoms with Gasteiger partial charge in [0.2, 0.25) is 11.8 Å². The van der Waals surface area contributed by atoms with Crippen molar-refractivity contribution in [2.45, 2.75) is 25.5 Å². The van der Waals surface area contributed by atoms with Gasteiger partial charge in [0, 0.05) is 12.1 Å². The summed E-state index contributed by atoms with van der Waals surface area (Å²) in [5, 5.41) is 13.3. The maximum absolute atomic E-state index is 13.0. The van der Waals surface area contributed by atoms with Crippen molar-refractivity contribution in [1.82, 2.24) is 5.32 Å². The number of amides is 2. The molecule has 1 aliphatic heterocycles. The fraction of sp³-hybridized carbons (Fsp3) is 0.200. The Kier molecular flexibility index (Phi) is 6.20. The SMILES string of the molecule is CC(=NN=C1NC(=O)[C@@H](CC(=O)Nc2ccc(C)cc2)S1)c1ccc(F)cc1. The minimum absolute atomic E-state index is 0.0318. The van der Waals surface area contributed by atoms with E-state index in [0.29, 0.717) is 16.6 Å². The number of nitrogens with zero attached hydrogens (tertiary/aromatic N) is 2. The highest BCUT2D eigenvalue weighted by atomic mass is 32.2. The van der Waals surface area contributed by atoms with E-state index in [1.54, 1.807) is 19.1 Å². The highest BCUT2D eigenvalue weighted by molar-refractivity contribution is 8.15. The fourth-order valence-corrected chi connectivity index (χ4v) is 3.39. The van der Waals surface area contributed by atoms with Crippen LogP contribution in [0.15, 0.2) is 58.7 Å². The van der Waals surface area contributed by atoms with Crippen LogP contribution in [-0.4, -0.2) is 27.9 Å². The molecule has 2 aromatic rings. The van der Waals surface area contributed by atoms with Crippen LogP contribution in [0, 0.1) is 12.7 Å². The number of carbonyl (C=O) groups excluding carboxylic acids is 2. The average Bonchev–Trinajstić information content (AvgIpc) is 3.01. The number of thioether (sulfide) groups is 1. The molecule has 3 rings (SSSR count). The van der Waals surface area contributed by atoms with Crippen LogP contribution >= 0.6 is 11.8 Å². The van der Waals surface area contributed by atoms with Crippen LogP contribution in [-0.2, 0) is 9.59 Å². The van der Waals surface area contributed by atoms with E-state index in [1.807, 2.05) is 31.2 Å². The number of hydrogen-bond acceptors (Lipinski definition) is 5. The minimum atomic E-state index is -0.564. The van der Waals surface area contributed by atoms with Gasteiger partial charge in [0.05, 0.1) is 5.71 Å². The molecule has 0 aromatic heterocycles. The number of benzene rings is 2. The number of rotatable bonds is 5. The zero-order valence-electron chi connectivity index (χ0n) is 15.4. The molecule has 1 atom stereocenters. The monoisotopic (exact) mass is 398 g/mol. The van der Waals surface area contributed by atoms with Crippen molar-refractivity contribution in [3.05, 3.63) is 65.5 Å². The van der Waals surface area contributed by atoms with Crippen molar-refractivity contribution in [1.29, 1.82) is 0 Å². The molecule has 2 aromatic carbocycles. The Morgan fingerprint density at radius 2 is 1.86 bits per heavy atom. The summed E-state index contributed by atoms with van der Waals surface area (Å²) < 4.78 is 13.0. The summed E-state index contributed by atoms with van der Waals surface area (Å²) in [6.45, 7) is 3.71. The van der Waals surface area contributed by atoms with Gasteiger partial charge in [-0.25, -0.2) is 4.39 Å². The lowest BCUT2D eigenvalue weighted by Crippen LogP contribution is -2.28. The van der Waals surface area contributed by atoms with E-state index in [1.165, 1.54) is 12.1 Å². The molecule has 8 heteroatoms. The minimum Gasteiger partial charge on any atom is -0.326 e. The number of carbonyl (C=O) groups is 2. The zero-order valence-corrected chi connectivity index (χ0v) is 16.2. The first-order valence-electron chi connectivity index (χ1n) is 8.63. The third-order valence-electron chi connectivity index (χ3n) is 4.04. The molecule has 0 bridgehead atoms. The lowest BCUT2D eigenvalue weighted by atomic mass is 10.1. The average molecular weight is 398 g/mol. The zero-order chi connectivity index (χ0) is 20.1. The van der Waals surface area contributed by atoms with Gasteiger partial charge in [-0.3, -0.25) is 9.59 Å². The van der Waals surface area contributed by atoms with E-state index in [2.05, 4.69) is 20.8 Å². The Morgan fingerprint density at radius 3 is 2.54 bits per heavy atom. The van der Waals surface area contributed by atoms with Crippen LogP contribution in [0.1, 0.15) is 24.5 Å². The molecule has 1 aliphatic rings. The molecule has 0 unspecified atom stereocenters. The third-order valence-corrected chi connectivity index (χ3v) is 5.11. The smallest absolute Gasteiger partial charge is 0.240 e. The Morgan fingerprint density at radius 1 is 1.18 bits per heavy atom. The van der Waals surface area contributed by atoms with Crippen molar-refractivity contribution in [3.63, 3.8) is 0 Å². The molecule has 0 aliphatic carbocycles. The molecule has 2 amide bonds. The van der Waals surface area contributed by atoms with Crippen LogP contribution in [0.5, 0.6) is 0 Å². The first-order chi connectivity index (χ1) is 13.4. The second-order valence-electron chi connectivity index (χ2n) is 6.31. The first-order valence-corrected chi connectivity index (χ1v) is 9.51. The van der Waals surface area contributed by atoms with Crippen LogP contribution in [0.3, 0.4) is 0 Å². The third kappa shape index (κ3) is 5.26. The van der Waals surface area contributed by atoms with Crippen LogP contribution < -0.4 is 10.6 Å². The Hall–Kier alpha value is -3.00. The highest BCUT2D eigenvalue weighted by Crippen LogP contribution is 2.23. The maximum Gasteiger partial charge on any atom is 0.240 e.